The number of hydrogen-bond acceptors (Lipinski definition) is 4. The van der Waals surface area contributed by atoms with E-state index < -0.39 is 0 Å². The summed E-state index contributed by atoms with van der Waals surface area (Å²) in [6, 6.07) is 21.9. The summed E-state index contributed by atoms with van der Waals surface area (Å²) in [6.07, 6.45) is 1.82. The number of carbonyl (C=O) groups excluding carboxylic acids is 1. The van der Waals surface area contributed by atoms with Crippen molar-refractivity contribution in [2.24, 2.45) is 0 Å². The van der Waals surface area contributed by atoms with Crippen molar-refractivity contribution in [3.05, 3.63) is 112 Å². The van der Waals surface area contributed by atoms with Gasteiger partial charge >= 0.3 is 5.97 Å². The summed E-state index contributed by atoms with van der Waals surface area (Å²) in [4.78, 5) is 19.1. The number of hydrogen-bond donors (Lipinski definition) is 1. The molecule has 0 spiro atoms. The first-order valence-corrected chi connectivity index (χ1v) is 12.7. The van der Waals surface area contributed by atoms with Crippen LogP contribution in [0.3, 0.4) is 0 Å². The fourth-order valence-corrected chi connectivity index (χ4v) is 5.54. The number of benzene rings is 2. The van der Waals surface area contributed by atoms with Gasteiger partial charge in [0.05, 0.1) is 30.5 Å². The molecule has 6 nitrogen and oxygen atoms in total. The Bertz CT molecular complexity index is 1490. The number of nitrogens with one attached hydrogen (secondary N) is 1. The summed E-state index contributed by atoms with van der Waals surface area (Å²) < 4.78 is 7.12. The number of aryl methyl sites for hydroxylation is 3. The summed E-state index contributed by atoms with van der Waals surface area (Å²) in [7, 11) is 1.40. The summed E-state index contributed by atoms with van der Waals surface area (Å²) in [5.74, 6) is -0.356. The zero-order valence-electron chi connectivity index (χ0n) is 21.6. The first-order valence-electron chi connectivity index (χ1n) is 12.3. The molecule has 1 N–H and O–H groups in total. The molecule has 2 aromatic carbocycles. The van der Waals surface area contributed by atoms with Crippen LogP contribution in [0.2, 0.25) is 0 Å². The first-order chi connectivity index (χ1) is 17.8. The summed E-state index contributed by atoms with van der Waals surface area (Å²) >= 11 is 5.92. The second-order valence-corrected chi connectivity index (χ2v) is 9.86. The highest BCUT2D eigenvalue weighted by Crippen LogP contribution is 2.44. The van der Waals surface area contributed by atoms with E-state index in [1.807, 2.05) is 42.6 Å². The number of ether oxygens (including phenoxy) is 1. The van der Waals surface area contributed by atoms with Crippen LogP contribution in [0.15, 0.2) is 72.9 Å². The maximum Gasteiger partial charge on any atom is 0.337 e. The molecule has 188 valence electrons. The van der Waals surface area contributed by atoms with Gasteiger partial charge < -0.3 is 19.5 Å². The number of aromatic nitrogens is 2. The number of rotatable bonds is 5. The lowest BCUT2D eigenvalue weighted by atomic mass is 9.96. The van der Waals surface area contributed by atoms with Gasteiger partial charge in [-0.15, -0.1) is 0 Å². The van der Waals surface area contributed by atoms with Crippen molar-refractivity contribution in [2.45, 2.75) is 39.8 Å². The lowest BCUT2D eigenvalue weighted by molar-refractivity contribution is 0.0600. The minimum absolute atomic E-state index is 0.117. The smallest absolute Gasteiger partial charge is 0.337 e. The van der Waals surface area contributed by atoms with Crippen LogP contribution >= 0.6 is 12.2 Å². The number of thiocarbonyl (C=S) groups is 1. The third-order valence-electron chi connectivity index (χ3n) is 7.18. The average molecular weight is 511 g/mol. The van der Waals surface area contributed by atoms with Gasteiger partial charge in [-0.2, -0.15) is 0 Å². The number of anilines is 1. The van der Waals surface area contributed by atoms with Gasteiger partial charge in [-0.25, -0.2) is 4.79 Å². The van der Waals surface area contributed by atoms with E-state index in [1.165, 1.54) is 18.2 Å². The molecule has 0 radical (unpaired) electrons. The van der Waals surface area contributed by atoms with E-state index in [1.54, 1.807) is 6.07 Å². The van der Waals surface area contributed by atoms with E-state index >= 15 is 0 Å². The Morgan fingerprint density at radius 2 is 1.76 bits per heavy atom. The van der Waals surface area contributed by atoms with Crippen molar-refractivity contribution >= 4 is 29.0 Å². The molecule has 2 aromatic heterocycles. The van der Waals surface area contributed by atoms with Crippen molar-refractivity contribution in [1.29, 1.82) is 0 Å². The number of esters is 1. The third kappa shape index (κ3) is 4.40. The molecule has 0 bridgehead atoms. The Labute approximate surface area is 222 Å². The molecule has 0 aliphatic carbocycles. The van der Waals surface area contributed by atoms with Crippen LogP contribution in [-0.2, 0) is 4.74 Å². The molecule has 37 heavy (non-hydrogen) atoms. The first kappa shape index (κ1) is 24.7. The Morgan fingerprint density at radius 1 is 0.946 bits per heavy atom. The number of carbonyl (C=O) groups is 1. The maximum absolute atomic E-state index is 12.2. The van der Waals surface area contributed by atoms with Gasteiger partial charge in [-0.1, -0.05) is 18.2 Å². The number of pyridine rings is 1. The van der Waals surface area contributed by atoms with E-state index in [9.17, 15) is 4.79 Å². The van der Waals surface area contributed by atoms with Gasteiger partial charge in [-0.05, 0) is 105 Å². The Kier molecular flexibility index (Phi) is 6.56. The van der Waals surface area contributed by atoms with Crippen LogP contribution in [0.5, 0.6) is 0 Å². The second kappa shape index (κ2) is 9.82. The second-order valence-electron chi connectivity index (χ2n) is 9.47. The molecule has 0 amide bonds. The molecule has 2 atom stereocenters. The quantitative estimate of drug-likeness (QED) is 0.260. The van der Waals surface area contributed by atoms with Crippen molar-refractivity contribution < 1.29 is 9.53 Å². The predicted octanol–water partition coefficient (Wildman–Crippen LogP) is 6.07. The van der Waals surface area contributed by atoms with Gasteiger partial charge in [0.2, 0.25) is 0 Å². The van der Waals surface area contributed by atoms with Gasteiger partial charge in [0.1, 0.15) is 0 Å². The van der Waals surface area contributed by atoms with Crippen molar-refractivity contribution in [3.8, 4) is 5.69 Å². The topological polar surface area (TPSA) is 59.4 Å². The van der Waals surface area contributed by atoms with E-state index in [2.05, 4.69) is 71.7 Å². The van der Waals surface area contributed by atoms with Crippen LogP contribution in [0.25, 0.3) is 5.69 Å². The van der Waals surface area contributed by atoms with Crippen LogP contribution in [-0.4, -0.2) is 27.7 Å². The molecule has 1 saturated heterocycles. The summed E-state index contributed by atoms with van der Waals surface area (Å²) in [5.41, 5.74) is 9.12. The van der Waals surface area contributed by atoms with Gasteiger partial charge in [-0.3, -0.25) is 4.98 Å². The highest BCUT2D eigenvalue weighted by molar-refractivity contribution is 7.80. The van der Waals surface area contributed by atoms with Crippen molar-refractivity contribution in [2.75, 3.05) is 12.0 Å². The van der Waals surface area contributed by atoms with Crippen LogP contribution in [0.1, 0.15) is 56.2 Å². The molecule has 1 aliphatic rings. The van der Waals surface area contributed by atoms with Gasteiger partial charge in [0.25, 0.3) is 0 Å². The average Bonchev–Trinajstić information content (AvgIpc) is 3.40. The molecule has 4 aromatic rings. The maximum atomic E-state index is 12.2. The summed E-state index contributed by atoms with van der Waals surface area (Å²) in [6.45, 7) is 8.43. The monoisotopic (exact) mass is 510 g/mol. The molecular weight excluding hydrogens is 480 g/mol. The molecule has 3 heterocycles. The highest BCUT2D eigenvalue weighted by atomic mass is 32.1. The standard InChI is InChI=1S/C30H30N4O2S/c1-18-12-13-24(15-19(18)2)34-28(27(32-30(34)37)26-11-6-7-14-31-26)25-16-20(3)33(21(25)4)23-10-8-9-22(17-23)29(35)36-5/h6-17,27-28H,1-5H3,(H,32,37)/t27-,28+/m0/s1. The highest BCUT2D eigenvalue weighted by Gasteiger charge is 2.42. The lowest BCUT2D eigenvalue weighted by Crippen LogP contribution is -2.29. The number of nitrogens with zero attached hydrogens (tertiary/aromatic N) is 3. The normalized spacial score (nSPS) is 17.1. The minimum Gasteiger partial charge on any atom is -0.465 e. The molecule has 5 rings (SSSR count). The molecule has 1 aliphatic heterocycles. The zero-order chi connectivity index (χ0) is 26.3. The molecule has 0 saturated carbocycles. The molecule has 1 fully saturated rings. The number of methoxy groups -OCH3 is 1. The van der Waals surface area contributed by atoms with Crippen LogP contribution in [0.4, 0.5) is 5.69 Å². The lowest BCUT2D eigenvalue weighted by Gasteiger charge is -2.28. The fraction of sp³-hybridized carbons (Fsp3) is 0.233. The molecule has 7 heteroatoms. The zero-order valence-corrected chi connectivity index (χ0v) is 22.5. The van der Waals surface area contributed by atoms with Crippen molar-refractivity contribution in [1.82, 2.24) is 14.9 Å². The molecular formula is C30H30N4O2S. The fourth-order valence-electron chi connectivity index (χ4n) is 5.20. The third-order valence-corrected chi connectivity index (χ3v) is 7.50. The van der Waals surface area contributed by atoms with E-state index in [4.69, 9.17) is 17.0 Å². The van der Waals surface area contributed by atoms with Crippen LogP contribution < -0.4 is 10.2 Å². The van der Waals surface area contributed by atoms with E-state index in [0.29, 0.717) is 10.7 Å². The van der Waals surface area contributed by atoms with Crippen molar-refractivity contribution in [3.63, 3.8) is 0 Å². The Morgan fingerprint density at radius 3 is 2.46 bits per heavy atom. The van der Waals surface area contributed by atoms with E-state index in [-0.39, 0.29) is 18.1 Å². The SMILES string of the molecule is COC(=O)c1cccc(-n2c(C)cc([C@@H]3[C@H](c4ccccn4)NC(=S)N3c3ccc(C)c(C)c3)c2C)c1. The Hall–Kier alpha value is -3.97. The predicted molar refractivity (Wildman–Crippen MR) is 150 cm³/mol. The van der Waals surface area contributed by atoms with E-state index in [0.717, 1.165) is 34.0 Å². The van der Waals surface area contributed by atoms with Gasteiger partial charge in [0, 0.05) is 29.0 Å². The van der Waals surface area contributed by atoms with Crippen LogP contribution in [0, 0.1) is 27.7 Å². The minimum atomic E-state index is -0.356. The summed E-state index contributed by atoms with van der Waals surface area (Å²) in [5, 5.41) is 4.22. The van der Waals surface area contributed by atoms with Gasteiger partial charge in [0.15, 0.2) is 5.11 Å². The largest absolute Gasteiger partial charge is 0.465 e. The molecule has 0 unspecified atom stereocenters. The Balaban J connectivity index is 1.67.